The van der Waals surface area contributed by atoms with Gasteiger partial charge in [-0.1, -0.05) is 6.07 Å². The van der Waals surface area contributed by atoms with Crippen molar-refractivity contribution in [2.24, 2.45) is 0 Å². The Hall–Kier alpha value is -2.21. The van der Waals surface area contributed by atoms with E-state index in [2.05, 4.69) is 23.1 Å². The Labute approximate surface area is 138 Å². The molecule has 118 valence electrons. The lowest BCUT2D eigenvalue weighted by molar-refractivity contribution is 0.0745. The summed E-state index contributed by atoms with van der Waals surface area (Å²) in [5, 5.41) is 6.49. The van der Waals surface area contributed by atoms with Crippen LogP contribution in [-0.4, -0.2) is 38.0 Å². The van der Waals surface area contributed by atoms with Crippen molar-refractivity contribution in [2.75, 3.05) is 6.54 Å². The second-order valence-corrected chi connectivity index (χ2v) is 6.97. The Morgan fingerprint density at radius 1 is 1.39 bits per heavy atom. The molecule has 1 amide bonds. The second-order valence-electron chi connectivity index (χ2n) is 6.02. The van der Waals surface area contributed by atoms with Gasteiger partial charge >= 0.3 is 0 Å². The van der Waals surface area contributed by atoms with Gasteiger partial charge in [0.1, 0.15) is 0 Å². The zero-order chi connectivity index (χ0) is 16.0. The van der Waals surface area contributed by atoms with Crippen LogP contribution in [0.2, 0.25) is 0 Å². The predicted molar refractivity (Wildman–Crippen MR) is 90.8 cm³/mol. The standard InChI is InChI=1S/C17H18N4OS/c1-11-5-3-7-20(11)17(22)13-9-18-16-14(15-6-4-8-23-15)10-19-21(16)12(13)2/h4,6,8-11H,3,5,7H2,1-2H3. The lowest BCUT2D eigenvalue weighted by Crippen LogP contribution is -2.34. The van der Waals surface area contributed by atoms with Gasteiger partial charge in [-0.3, -0.25) is 4.79 Å². The van der Waals surface area contributed by atoms with Crippen LogP contribution in [0.5, 0.6) is 0 Å². The number of amides is 1. The number of rotatable bonds is 2. The molecule has 23 heavy (non-hydrogen) atoms. The van der Waals surface area contributed by atoms with Gasteiger partial charge in [0, 0.05) is 23.7 Å². The third kappa shape index (κ3) is 2.25. The molecule has 3 aromatic rings. The normalized spacial score (nSPS) is 18.0. The molecule has 0 spiro atoms. The number of likely N-dealkylation sites (tertiary alicyclic amines) is 1. The summed E-state index contributed by atoms with van der Waals surface area (Å²) in [4.78, 5) is 20.4. The van der Waals surface area contributed by atoms with Crippen LogP contribution in [0.15, 0.2) is 29.9 Å². The van der Waals surface area contributed by atoms with E-state index in [1.54, 1.807) is 22.0 Å². The maximum atomic E-state index is 12.8. The molecule has 1 aliphatic rings. The van der Waals surface area contributed by atoms with Gasteiger partial charge in [0.2, 0.25) is 0 Å². The first kappa shape index (κ1) is 14.4. The minimum absolute atomic E-state index is 0.0649. The first-order chi connectivity index (χ1) is 11.2. The van der Waals surface area contributed by atoms with E-state index in [1.807, 2.05) is 29.5 Å². The molecule has 1 fully saturated rings. The smallest absolute Gasteiger partial charge is 0.257 e. The molecule has 0 N–H and O–H groups in total. The summed E-state index contributed by atoms with van der Waals surface area (Å²) in [6, 6.07) is 4.38. The number of fused-ring (bicyclic) bond motifs is 1. The highest BCUT2D eigenvalue weighted by Gasteiger charge is 2.28. The molecule has 0 saturated carbocycles. The maximum absolute atomic E-state index is 12.8. The molecule has 0 aliphatic carbocycles. The Bertz CT molecular complexity index is 868. The Morgan fingerprint density at radius 2 is 2.26 bits per heavy atom. The molecule has 6 heteroatoms. The number of hydrogen-bond acceptors (Lipinski definition) is 4. The van der Waals surface area contributed by atoms with Crippen LogP contribution in [0.3, 0.4) is 0 Å². The first-order valence-electron chi connectivity index (χ1n) is 7.85. The summed E-state index contributed by atoms with van der Waals surface area (Å²) in [5.41, 5.74) is 3.31. The molecule has 4 rings (SSSR count). The highest BCUT2D eigenvalue weighted by molar-refractivity contribution is 7.13. The van der Waals surface area contributed by atoms with Crippen molar-refractivity contribution in [3.8, 4) is 10.4 Å². The number of carbonyl (C=O) groups is 1. The summed E-state index contributed by atoms with van der Waals surface area (Å²) in [6.07, 6.45) is 5.68. The van der Waals surface area contributed by atoms with E-state index in [0.717, 1.165) is 41.2 Å². The van der Waals surface area contributed by atoms with Gasteiger partial charge in [-0.15, -0.1) is 11.3 Å². The van der Waals surface area contributed by atoms with Crippen molar-refractivity contribution >= 4 is 22.9 Å². The summed E-state index contributed by atoms with van der Waals surface area (Å²) in [6.45, 7) is 4.87. The number of hydrogen-bond donors (Lipinski definition) is 0. The van der Waals surface area contributed by atoms with Crippen molar-refractivity contribution in [3.63, 3.8) is 0 Å². The molecule has 3 aromatic heterocycles. The summed E-state index contributed by atoms with van der Waals surface area (Å²) >= 11 is 1.66. The molecule has 0 bridgehead atoms. The van der Waals surface area contributed by atoms with Crippen molar-refractivity contribution < 1.29 is 4.79 Å². The van der Waals surface area contributed by atoms with Crippen LogP contribution in [-0.2, 0) is 0 Å². The molecule has 0 radical (unpaired) electrons. The zero-order valence-electron chi connectivity index (χ0n) is 13.2. The number of thiophene rings is 1. The predicted octanol–water partition coefficient (Wildman–Crippen LogP) is 3.39. The molecular formula is C17H18N4OS. The van der Waals surface area contributed by atoms with E-state index in [1.165, 1.54) is 0 Å². The van der Waals surface area contributed by atoms with Crippen LogP contribution < -0.4 is 0 Å². The molecule has 5 nitrogen and oxygen atoms in total. The summed E-state index contributed by atoms with van der Waals surface area (Å²) in [5.74, 6) is 0.0649. The average molecular weight is 326 g/mol. The Balaban J connectivity index is 1.79. The number of aromatic nitrogens is 3. The molecule has 1 saturated heterocycles. The highest BCUT2D eigenvalue weighted by atomic mass is 32.1. The van der Waals surface area contributed by atoms with Crippen molar-refractivity contribution in [1.29, 1.82) is 0 Å². The molecular weight excluding hydrogens is 308 g/mol. The van der Waals surface area contributed by atoms with Crippen molar-refractivity contribution in [1.82, 2.24) is 19.5 Å². The zero-order valence-corrected chi connectivity index (χ0v) is 14.0. The topological polar surface area (TPSA) is 50.5 Å². The monoisotopic (exact) mass is 326 g/mol. The minimum atomic E-state index is 0.0649. The number of aryl methyl sites for hydroxylation is 1. The second kappa shape index (κ2) is 5.45. The van der Waals surface area contributed by atoms with E-state index < -0.39 is 0 Å². The minimum Gasteiger partial charge on any atom is -0.336 e. The van der Waals surface area contributed by atoms with Gasteiger partial charge in [0.15, 0.2) is 5.65 Å². The Morgan fingerprint density at radius 3 is 2.96 bits per heavy atom. The fourth-order valence-corrected chi connectivity index (χ4v) is 3.98. The third-order valence-corrected chi connectivity index (χ3v) is 5.50. The maximum Gasteiger partial charge on any atom is 0.257 e. The van der Waals surface area contributed by atoms with E-state index in [9.17, 15) is 4.79 Å². The summed E-state index contributed by atoms with van der Waals surface area (Å²) in [7, 11) is 0. The van der Waals surface area contributed by atoms with Crippen LogP contribution in [0.4, 0.5) is 0 Å². The SMILES string of the molecule is Cc1c(C(=O)N2CCCC2C)cnc2c(-c3cccs3)cnn12. The lowest BCUT2D eigenvalue weighted by atomic mass is 10.2. The van der Waals surface area contributed by atoms with Crippen LogP contribution in [0.1, 0.15) is 35.8 Å². The van der Waals surface area contributed by atoms with Crippen LogP contribution in [0, 0.1) is 6.92 Å². The third-order valence-electron chi connectivity index (χ3n) is 4.60. The highest BCUT2D eigenvalue weighted by Crippen LogP contribution is 2.29. The Kier molecular flexibility index (Phi) is 3.41. The molecule has 1 unspecified atom stereocenters. The van der Waals surface area contributed by atoms with Crippen LogP contribution in [0.25, 0.3) is 16.1 Å². The fourth-order valence-electron chi connectivity index (χ4n) is 3.25. The molecule has 0 aromatic carbocycles. The number of nitrogens with zero attached hydrogens (tertiary/aromatic N) is 4. The largest absolute Gasteiger partial charge is 0.336 e. The van der Waals surface area contributed by atoms with E-state index in [0.29, 0.717) is 11.6 Å². The van der Waals surface area contributed by atoms with Crippen LogP contribution >= 0.6 is 11.3 Å². The van der Waals surface area contributed by atoms with E-state index in [4.69, 9.17) is 0 Å². The molecule has 4 heterocycles. The van der Waals surface area contributed by atoms with Gasteiger partial charge in [-0.2, -0.15) is 5.10 Å². The first-order valence-corrected chi connectivity index (χ1v) is 8.73. The van der Waals surface area contributed by atoms with E-state index >= 15 is 0 Å². The quantitative estimate of drug-likeness (QED) is 0.725. The van der Waals surface area contributed by atoms with Crippen molar-refractivity contribution in [2.45, 2.75) is 32.7 Å². The van der Waals surface area contributed by atoms with Gasteiger partial charge in [0.25, 0.3) is 5.91 Å². The van der Waals surface area contributed by atoms with Crippen molar-refractivity contribution in [3.05, 3.63) is 41.2 Å². The fraction of sp³-hybridized carbons (Fsp3) is 0.353. The molecule has 1 aliphatic heterocycles. The van der Waals surface area contributed by atoms with E-state index in [-0.39, 0.29) is 5.91 Å². The lowest BCUT2D eigenvalue weighted by Gasteiger charge is -2.22. The molecule has 1 atom stereocenters. The summed E-state index contributed by atoms with van der Waals surface area (Å²) < 4.78 is 1.78. The number of carbonyl (C=O) groups excluding carboxylic acids is 1. The van der Waals surface area contributed by atoms with Gasteiger partial charge in [-0.05, 0) is 38.1 Å². The van der Waals surface area contributed by atoms with Gasteiger partial charge in [0.05, 0.1) is 23.0 Å². The van der Waals surface area contributed by atoms with Gasteiger partial charge in [-0.25, -0.2) is 9.50 Å². The average Bonchev–Trinajstić information content (AvgIpc) is 3.26. The van der Waals surface area contributed by atoms with Gasteiger partial charge < -0.3 is 4.90 Å².